The average molecular weight is 218 g/mol. The van der Waals surface area contributed by atoms with Gasteiger partial charge in [-0.3, -0.25) is 0 Å². The van der Waals surface area contributed by atoms with Gasteiger partial charge in [0.05, 0.1) is 27.7 Å². The fourth-order valence-corrected chi connectivity index (χ4v) is 0.387. The molecule has 1 nitrogen and oxygen atoms in total. The van der Waals surface area contributed by atoms with Gasteiger partial charge in [-0.15, -0.1) is 29.4 Å². The van der Waals surface area contributed by atoms with E-state index in [1.165, 1.54) is 0 Å². The van der Waals surface area contributed by atoms with Crippen LogP contribution in [0.4, 0.5) is 0 Å². The summed E-state index contributed by atoms with van der Waals surface area (Å²) in [4.78, 5) is 0. The van der Waals surface area contributed by atoms with Gasteiger partial charge in [0.25, 0.3) is 0 Å². The molecule has 0 atom stereocenters. The summed E-state index contributed by atoms with van der Waals surface area (Å²) in [6, 6.07) is 0. The fraction of sp³-hybridized carbons (Fsp3) is 0.667. The molecule has 0 rings (SSSR count). The lowest BCUT2D eigenvalue weighted by Crippen LogP contribution is -2.33. The zero-order chi connectivity index (χ0) is 5.91. The smallest absolute Gasteiger partial charge is 0.0964 e. The van der Waals surface area contributed by atoms with Crippen LogP contribution in [0.1, 0.15) is 0 Å². The second-order valence-electron chi connectivity index (χ2n) is 2.76. The maximum absolute atomic E-state index is 3.63. The number of nitrogens with zero attached hydrogens (tertiary/aromatic N) is 1. The van der Waals surface area contributed by atoms with E-state index in [9.17, 15) is 0 Å². The van der Waals surface area contributed by atoms with E-state index in [-0.39, 0.29) is 29.4 Å². The molecule has 58 valence electrons. The third-order valence-electron chi connectivity index (χ3n) is 0.677. The number of hydrogen-bond acceptors (Lipinski definition) is 0. The third-order valence-corrected chi connectivity index (χ3v) is 0.677. The van der Waals surface area contributed by atoms with Crippen LogP contribution in [-0.4, -0.2) is 32.2 Å². The molecule has 9 heavy (non-hydrogen) atoms. The first-order valence-corrected chi connectivity index (χ1v) is 2.47. The SMILES string of the molecule is Br.C=CC[N+](C)(C)C.Cl. The fourth-order valence-electron chi connectivity index (χ4n) is 0.387. The van der Waals surface area contributed by atoms with E-state index >= 15 is 0 Å². The molecule has 0 spiro atoms. The van der Waals surface area contributed by atoms with Crippen LogP contribution in [0.2, 0.25) is 0 Å². The van der Waals surface area contributed by atoms with Crippen molar-refractivity contribution in [1.29, 1.82) is 0 Å². The molecule has 0 aromatic heterocycles. The van der Waals surface area contributed by atoms with Gasteiger partial charge >= 0.3 is 0 Å². The van der Waals surface area contributed by atoms with Gasteiger partial charge in [0, 0.05) is 0 Å². The highest BCUT2D eigenvalue weighted by Gasteiger charge is 1.99. The molecule has 0 heterocycles. The highest BCUT2D eigenvalue weighted by atomic mass is 79.9. The molecule has 0 aromatic carbocycles. The van der Waals surface area contributed by atoms with Crippen LogP contribution >= 0.6 is 29.4 Å². The number of quaternary nitrogens is 1. The Morgan fingerprint density at radius 2 is 1.67 bits per heavy atom. The van der Waals surface area contributed by atoms with Crippen molar-refractivity contribution in [3.8, 4) is 0 Å². The maximum Gasteiger partial charge on any atom is 0.0964 e. The lowest BCUT2D eigenvalue weighted by molar-refractivity contribution is -0.864. The molecule has 0 aromatic rings. The molecule has 0 radical (unpaired) electrons. The Morgan fingerprint density at radius 1 is 1.33 bits per heavy atom. The van der Waals surface area contributed by atoms with Crippen LogP contribution < -0.4 is 0 Å². The van der Waals surface area contributed by atoms with Gasteiger partial charge in [-0.1, -0.05) is 6.58 Å². The normalized spacial score (nSPS) is 8.78. The molecule has 3 heteroatoms. The first-order chi connectivity index (χ1) is 3.06. The van der Waals surface area contributed by atoms with Gasteiger partial charge in [-0.2, -0.15) is 0 Å². The quantitative estimate of drug-likeness (QED) is 0.489. The van der Waals surface area contributed by atoms with E-state index in [2.05, 4.69) is 27.7 Å². The monoisotopic (exact) mass is 216 g/mol. The standard InChI is InChI=1S/C6H14N.BrH.ClH/c1-5-6-7(2,3)4;;/h5H,1,6H2,2-4H3;2*1H/q+1;;. The van der Waals surface area contributed by atoms with Crippen LogP contribution in [-0.2, 0) is 0 Å². The summed E-state index contributed by atoms with van der Waals surface area (Å²) in [5.41, 5.74) is 0. The Morgan fingerprint density at radius 3 is 1.67 bits per heavy atom. The molecule has 0 aliphatic rings. The number of hydrogen-bond donors (Lipinski definition) is 0. The van der Waals surface area contributed by atoms with Crippen LogP contribution in [0, 0.1) is 0 Å². The molecule has 0 saturated heterocycles. The van der Waals surface area contributed by atoms with E-state index in [1.54, 1.807) is 0 Å². The van der Waals surface area contributed by atoms with Crippen molar-refractivity contribution >= 4 is 29.4 Å². The Hall–Kier alpha value is 0.470. The van der Waals surface area contributed by atoms with Crippen molar-refractivity contribution in [1.82, 2.24) is 0 Å². The molecular weight excluding hydrogens is 201 g/mol. The first kappa shape index (κ1) is 16.2. The molecular formula is C6H16BrClN+. The Balaban J connectivity index is -0.000000180. The molecule has 0 unspecified atom stereocenters. The zero-order valence-electron chi connectivity index (χ0n) is 6.26. The summed E-state index contributed by atoms with van der Waals surface area (Å²) < 4.78 is 0.976. The summed E-state index contributed by atoms with van der Waals surface area (Å²) >= 11 is 0. The van der Waals surface area contributed by atoms with Crippen molar-refractivity contribution in [2.75, 3.05) is 27.7 Å². The Bertz CT molecular complexity index is 67.9. The lowest BCUT2D eigenvalue weighted by Gasteiger charge is -2.21. The highest BCUT2D eigenvalue weighted by molar-refractivity contribution is 8.93. The average Bonchev–Trinajstić information content (AvgIpc) is 1.30. The number of halogens is 2. The van der Waals surface area contributed by atoms with Gasteiger partial charge in [-0.05, 0) is 6.08 Å². The largest absolute Gasteiger partial charge is 0.328 e. The number of likely N-dealkylation sites (N-methyl/N-ethyl adjacent to an activating group) is 1. The van der Waals surface area contributed by atoms with Crippen LogP contribution in [0.25, 0.3) is 0 Å². The van der Waals surface area contributed by atoms with Crippen molar-refractivity contribution in [2.45, 2.75) is 0 Å². The van der Waals surface area contributed by atoms with E-state index in [0.29, 0.717) is 0 Å². The van der Waals surface area contributed by atoms with Crippen molar-refractivity contribution in [3.63, 3.8) is 0 Å². The van der Waals surface area contributed by atoms with E-state index in [1.807, 2.05) is 6.08 Å². The van der Waals surface area contributed by atoms with Crippen molar-refractivity contribution in [2.24, 2.45) is 0 Å². The Labute approximate surface area is 74.5 Å². The summed E-state index contributed by atoms with van der Waals surface area (Å²) in [5, 5.41) is 0. The van der Waals surface area contributed by atoms with Gasteiger partial charge in [0.2, 0.25) is 0 Å². The summed E-state index contributed by atoms with van der Waals surface area (Å²) in [6.45, 7) is 4.67. The topological polar surface area (TPSA) is 0 Å². The van der Waals surface area contributed by atoms with Gasteiger partial charge in [0.1, 0.15) is 0 Å². The summed E-state index contributed by atoms with van der Waals surface area (Å²) in [5.74, 6) is 0. The van der Waals surface area contributed by atoms with Gasteiger partial charge < -0.3 is 4.48 Å². The minimum absolute atomic E-state index is 0. The molecule has 0 bridgehead atoms. The van der Waals surface area contributed by atoms with Crippen molar-refractivity contribution in [3.05, 3.63) is 12.7 Å². The highest BCUT2D eigenvalue weighted by Crippen LogP contribution is 1.86. The minimum atomic E-state index is 0. The molecule has 0 N–H and O–H groups in total. The number of rotatable bonds is 2. The van der Waals surface area contributed by atoms with E-state index < -0.39 is 0 Å². The minimum Gasteiger partial charge on any atom is -0.328 e. The summed E-state index contributed by atoms with van der Waals surface area (Å²) in [7, 11) is 6.42. The Kier molecular flexibility index (Phi) is 11.9. The van der Waals surface area contributed by atoms with E-state index in [4.69, 9.17) is 0 Å². The van der Waals surface area contributed by atoms with Crippen LogP contribution in [0.5, 0.6) is 0 Å². The second-order valence-corrected chi connectivity index (χ2v) is 2.76. The second kappa shape index (κ2) is 6.59. The predicted molar refractivity (Wildman–Crippen MR) is 50.7 cm³/mol. The lowest BCUT2D eigenvalue weighted by atomic mass is 10.5. The molecule has 0 aliphatic carbocycles. The van der Waals surface area contributed by atoms with Crippen LogP contribution in [0.3, 0.4) is 0 Å². The molecule has 0 saturated carbocycles. The first-order valence-electron chi connectivity index (χ1n) is 2.47. The van der Waals surface area contributed by atoms with Crippen molar-refractivity contribution < 1.29 is 4.48 Å². The van der Waals surface area contributed by atoms with Gasteiger partial charge in [0.15, 0.2) is 0 Å². The van der Waals surface area contributed by atoms with Gasteiger partial charge in [-0.25, -0.2) is 0 Å². The zero-order valence-corrected chi connectivity index (χ0v) is 8.78. The summed E-state index contributed by atoms with van der Waals surface area (Å²) in [6.07, 6.45) is 1.93. The molecule has 0 aliphatic heterocycles. The maximum atomic E-state index is 3.63. The predicted octanol–water partition coefficient (Wildman–Crippen LogP) is 1.88. The third kappa shape index (κ3) is 17.7. The molecule has 0 fully saturated rings. The van der Waals surface area contributed by atoms with E-state index in [0.717, 1.165) is 11.0 Å². The van der Waals surface area contributed by atoms with Crippen LogP contribution in [0.15, 0.2) is 12.7 Å². The molecule has 0 amide bonds.